The molecule has 1 N–H and O–H groups in total. The second-order valence-corrected chi connectivity index (χ2v) is 8.34. The number of aryl methyl sites for hydroxylation is 1. The van der Waals surface area contributed by atoms with Gasteiger partial charge in [0.2, 0.25) is 0 Å². The van der Waals surface area contributed by atoms with E-state index in [1.54, 1.807) is 0 Å². The van der Waals surface area contributed by atoms with Gasteiger partial charge in [-0.25, -0.2) is 0 Å². The highest BCUT2D eigenvalue weighted by molar-refractivity contribution is 8.26. The fraction of sp³-hybridized carbons (Fsp3) is 0.333. The molecular formula is C18H20N2OS2. The van der Waals surface area contributed by atoms with Gasteiger partial charge in [-0.1, -0.05) is 30.1 Å². The minimum atomic E-state index is -0.109. The Hall–Kier alpha value is -1.59. The van der Waals surface area contributed by atoms with Crippen LogP contribution in [-0.2, 0) is 4.79 Å². The van der Waals surface area contributed by atoms with E-state index in [9.17, 15) is 4.79 Å². The molecule has 2 aliphatic rings. The van der Waals surface area contributed by atoms with Gasteiger partial charge in [0.05, 0.1) is 10.4 Å². The molecule has 0 aliphatic carbocycles. The third-order valence-electron chi connectivity index (χ3n) is 4.53. The molecule has 1 aromatic carbocycles. The fourth-order valence-electron chi connectivity index (χ4n) is 3.04. The molecule has 2 heterocycles. The Morgan fingerprint density at radius 1 is 1.30 bits per heavy atom. The van der Waals surface area contributed by atoms with E-state index in [2.05, 4.69) is 63.2 Å². The van der Waals surface area contributed by atoms with E-state index < -0.39 is 0 Å². The van der Waals surface area contributed by atoms with Crippen LogP contribution in [0.5, 0.6) is 0 Å². The average Bonchev–Trinajstić information content (AvgIpc) is 2.76. The molecule has 0 bridgehead atoms. The van der Waals surface area contributed by atoms with Gasteiger partial charge >= 0.3 is 0 Å². The lowest BCUT2D eigenvalue weighted by molar-refractivity contribution is -0.115. The van der Waals surface area contributed by atoms with E-state index in [0.29, 0.717) is 9.23 Å². The molecule has 2 aliphatic heterocycles. The van der Waals surface area contributed by atoms with Crippen LogP contribution in [0.3, 0.4) is 0 Å². The van der Waals surface area contributed by atoms with Crippen LogP contribution >= 0.6 is 24.0 Å². The Balaban J connectivity index is 2.10. The number of thioether (sulfide) groups is 1. The molecule has 0 saturated carbocycles. The topological polar surface area (TPSA) is 32.3 Å². The number of thiocarbonyl (C=S) groups is 1. The molecule has 1 aromatic rings. The van der Waals surface area contributed by atoms with Crippen LogP contribution in [0.25, 0.3) is 11.6 Å². The molecule has 0 atom stereocenters. The van der Waals surface area contributed by atoms with Crippen LogP contribution in [0, 0.1) is 6.92 Å². The van der Waals surface area contributed by atoms with Crippen molar-refractivity contribution < 1.29 is 4.79 Å². The van der Waals surface area contributed by atoms with Gasteiger partial charge in [0, 0.05) is 18.3 Å². The maximum Gasteiger partial charge on any atom is 0.263 e. The number of anilines is 1. The Bertz CT molecular complexity index is 790. The Morgan fingerprint density at radius 2 is 2.00 bits per heavy atom. The summed E-state index contributed by atoms with van der Waals surface area (Å²) >= 11 is 6.38. The molecule has 0 radical (unpaired) electrons. The first-order chi connectivity index (χ1) is 10.7. The van der Waals surface area contributed by atoms with E-state index in [-0.39, 0.29) is 11.4 Å². The van der Waals surface area contributed by atoms with Crippen LogP contribution in [0.4, 0.5) is 5.69 Å². The van der Waals surface area contributed by atoms with Crippen molar-refractivity contribution >= 4 is 51.5 Å². The number of rotatable bonds is 1. The minimum absolute atomic E-state index is 0.00309. The van der Waals surface area contributed by atoms with Crippen LogP contribution in [0.1, 0.15) is 37.5 Å². The maximum absolute atomic E-state index is 11.9. The molecule has 1 saturated heterocycles. The highest BCUT2D eigenvalue weighted by Crippen LogP contribution is 2.40. The molecule has 5 heteroatoms. The first-order valence-electron chi connectivity index (χ1n) is 7.52. The lowest BCUT2D eigenvalue weighted by atomic mass is 9.87. The summed E-state index contributed by atoms with van der Waals surface area (Å²) in [7, 11) is 2.12. The number of nitrogens with one attached hydrogen (secondary N) is 1. The number of carbonyl (C=O) groups is 1. The third kappa shape index (κ3) is 2.83. The largest absolute Gasteiger partial charge is 0.365 e. The number of carbonyl (C=O) groups excluding carboxylic acids is 1. The average molecular weight is 345 g/mol. The van der Waals surface area contributed by atoms with E-state index in [0.717, 1.165) is 11.1 Å². The van der Waals surface area contributed by atoms with Crippen LogP contribution < -0.4 is 10.2 Å². The van der Waals surface area contributed by atoms with Gasteiger partial charge in [-0.2, -0.15) is 0 Å². The molecular weight excluding hydrogens is 324 g/mol. The standard InChI is InChI=1S/C18H20N2OS2/c1-10-6-14-13(11(2)9-18(3,4)20(14)5)7-12(10)8-15-16(21)19-17(22)23-15/h6-9H,1-5H3,(H,19,21,22)/b15-8-. The number of fused-ring (bicyclic) bond motifs is 1. The molecule has 1 fully saturated rings. The van der Waals surface area contributed by atoms with Gasteiger partial charge in [0.25, 0.3) is 5.91 Å². The number of hydrogen-bond acceptors (Lipinski definition) is 4. The summed E-state index contributed by atoms with van der Waals surface area (Å²) in [5.74, 6) is -0.109. The normalized spacial score (nSPS) is 21.3. The van der Waals surface area contributed by atoms with Crippen molar-refractivity contribution in [2.75, 3.05) is 11.9 Å². The molecule has 0 unspecified atom stereocenters. The summed E-state index contributed by atoms with van der Waals surface area (Å²) in [6.45, 7) is 8.65. The number of hydrogen-bond donors (Lipinski definition) is 1. The van der Waals surface area contributed by atoms with E-state index in [1.807, 2.05) is 6.08 Å². The summed E-state index contributed by atoms with van der Waals surface area (Å²) in [6, 6.07) is 4.38. The monoisotopic (exact) mass is 344 g/mol. The van der Waals surface area contributed by atoms with Gasteiger partial charge in [-0.05, 0) is 62.6 Å². The Morgan fingerprint density at radius 3 is 2.61 bits per heavy atom. The Kier molecular flexibility index (Phi) is 3.89. The zero-order chi connectivity index (χ0) is 16.9. The van der Waals surface area contributed by atoms with Crippen molar-refractivity contribution in [3.8, 4) is 0 Å². The van der Waals surface area contributed by atoms with Crippen molar-refractivity contribution in [2.24, 2.45) is 0 Å². The summed E-state index contributed by atoms with van der Waals surface area (Å²) in [5.41, 5.74) is 5.93. The van der Waals surface area contributed by atoms with Gasteiger partial charge in [-0.15, -0.1) is 0 Å². The van der Waals surface area contributed by atoms with Gasteiger partial charge in [-0.3, -0.25) is 4.79 Å². The number of nitrogens with zero attached hydrogens (tertiary/aromatic N) is 1. The van der Waals surface area contributed by atoms with E-state index >= 15 is 0 Å². The summed E-state index contributed by atoms with van der Waals surface area (Å²) in [6.07, 6.45) is 4.22. The summed E-state index contributed by atoms with van der Waals surface area (Å²) in [4.78, 5) is 14.8. The molecule has 1 amide bonds. The van der Waals surface area contributed by atoms with E-state index in [4.69, 9.17) is 12.2 Å². The first kappa shape index (κ1) is 16.3. The van der Waals surface area contributed by atoms with Crippen molar-refractivity contribution in [3.05, 3.63) is 39.8 Å². The second kappa shape index (κ2) is 5.49. The van der Waals surface area contributed by atoms with E-state index in [1.165, 1.54) is 28.6 Å². The van der Waals surface area contributed by atoms with Gasteiger partial charge in [0.1, 0.15) is 4.32 Å². The quantitative estimate of drug-likeness (QED) is 0.614. The van der Waals surface area contributed by atoms with Crippen LogP contribution in [0.2, 0.25) is 0 Å². The smallest absolute Gasteiger partial charge is 0.263 e. The Labute approximate surface area is 146 Å². The zero-order valence-corrected chi connectivity index (χ0v) is 15.6. The predicted molar refractivity (Wildman–Crippen MR) is 104 cm³/mol. The number of likely N-dealkylation sites (N-methyl/N-ethyl adjacent to an activating group) is 1. The van der Waals surface area contributed by atoms with Crippen LogP contribution in [-0.4, -0.2) is 22.8 Å². The van der Waals surface area contributed by atoms with Crippen molar-refractivity contribution in [2.45, 2.75) is 33.2 Å². The molecule has 0 aromatic heterocycles. The summed E-state index contributed by atoms with van der Waals surface area (Å²) < 4.78 is 0.523. The second-order valence-electron chi connectivity index (χ2n) is 6.62. The third-order valence-corrected chi connectivity index (χ3v) is 5.70. The zero-order valence-electron chi connectivity index (χ0n) is 14.0. The SMILES string of the molecule is CC1=CC(C)(C)N(C)c2cc(C)c(/C=C3\SC(=S)NC3=O)cc21. The predicted octanol–water partition coefficient (Wildman–Crippen LogP) is 4.12. The molecule has 120 valence electrons. The molecule has 3 rings (SSSR count). The molecule has 3 nitrogen and oxygen atoms in total. The summed E-state index contributed by atoms with van der Waals surface area (Å²) in [5, 5.41) is 2.66. The molecule has 23 heavy (non-hydrogen) atoms. The number of allylic oxidation sites excluding steroid dienone is 1. The number of benzene rings is 1. The molecule has 0 spiro atoms. The maximum atomic E-state index is 11.9. The minimum Gasteiger partial charge on any atom is -0.365 e. The van der Waals surface area contributed by atoms with Crippen molar-refractivity contribution in [1.82, 2.24) is 5.32 Å². The first-order valence-corrected chi connectivity index (χ1v) is 8.75. The lowest BCUT2D eigenvalue weighted by Gasteiger charge is -2.41. The van der Waals surface area contributed by atoms with Gasteiger partial charge in [0.15, 0.2) is 0 Å². The fourth-order valence-corrected chi connectivity index (χ4v) is 4.07. The van der Waals surface area contributed by atoms with Crippen LogP contribution in [0.15, 0.2) is 23.1 Å². The lowest BCUT2D eigenvalue weighted by Crippen LogP contribution is -2.42. The number of amides is 1. The highest BCUT2D eigenvalue weighted by atomic mass is 32.2. The van der Waals surface area contributed by atoms with Crippen molar-refractivity contribution in [1.29, 1.82) is 0 Å². The highest BCUT2D eigenvalue weighted by Gasteiger charge is 2.29. The van der Waals surface area contributed by atoms with Crippen molar-refractivity contribution in [3.63, 3.8) is 0 Å². The van der Waals surface area contributed by atoms with Gasteiger partial charge < -0.3 is 10.2 Å².